The fourth-order valence-corrected chi connectivity index (χ4v) is 4.65. The molecule has 1 amide bonds. The van der Waals surface area contributed by atoms with Gasteiger partial charge in [0.2, 0.25) is 0 Å². The molecular weight excluding hydrogens is 416 g/mol. The molecule has 1 aromatic heterocycles. The average Bonchev–Trinajstić information content (AvgIpc) is 3.07. The van der Waals surface area contributed by atoms with E-state index < -0.39 is 12.0 Å². The number of ketones is 1. The molecule has 1 aliphatic rings. The van der Waals surface area contributed by atoms with Crippen LogP contribution in [0.2, 0.25) is 5.02 Å². The highest BCUT2D eigenvalue weighted by atomic mass is 35.5. The molecule has 0 bridgehead atoms. The van der Waals surface area contributed by atoms with Gasteiger partial charge in [0.25, 0.3) is 5.91 Å². The molecule has 1 unspecified atom stereocenters. The number of nitrogens with one attached hydrogen (secondary N) is 1. The number of nitrogens with zero attached hydrogens (tertiary/aromatic N) is 1. The van der Waals surface area contributed by atoms with Crippen molar-refractivity contribution in [3.8, 4) is 0 Å². The van der Waals surface area contributed by atoms with E-state index in [1.165, 1.54) is 7.11 Å². The summed E-state index contributed by atoms with van der Waals surface area (Å²) in [5.41, 5.74) is 2.36. The second-order valence-electron chi connectivity index (χ2n) is 8.17. The lowest BCUT2D eigenvalue weighted by Gasteiger charge is -2.38. The maximum Gasteiger partial charge on any atom is 0.354 e. The van der Waals surface area contributed by atoms with Gasteiger partial charge < -0.3 is 14.6 Å². The van der Waals surface area contributed by atoms with Crippen molar-refractivity contribution in [2.24, 2.45) is 0 Å². The average molecular weight is 445 g/mol. The number of esters is 1. The van der Waals surface area contributed by atoms with Crippen molar-refractivity contribution in [3.05, 3.63) is 57.4 Å². The molecule has 1 atom stereocenters. The first-order chi connectivity index (χ1) is 14.8. The van der Waals surface area contributed by atoms with Crippen LogP contribution in [0.5, 0.6) is 0 Å². The largest absolute Gasteiger partial charge is 0.464 e. The number of H-pyrrole nitrogens is 1. The Labute approximate surface area is 187 Å². The molecule has 1 heterocycles. The Kier molecular flexibility index (Phi) is 7.21. The minimum atomic E-state index is -0.676. The van der Waals surface area contributed by atoms with Gasteiger partial charge in [-0.25, -0.2) is 4.79 Å². The third-order valence-corrected chi connectivity index (χ3v) is 6.42. The maximum atomic E-state index is 13.6. The number of hydrogen-bond donors (Lipinski definition) is 1. The summed E-state index contributed by atoms with van der Waals surface area (Å²) in [4.78, 5) is 43.9. The van der Waals surface area contributed by atoms with E-state index in [1.807, 2.05) is 0 Å². The zero-order valence-electron chi connectivity index (χ0n) is 18.5. The normalized spacial score (nSPS) is 15.4. The predicted octanol–water partition coefficient (Wildman–Crippen LogP) is 5.12. The lowest BCUT2D eigenvalue weighted by Crippen LogP contribution is -2.50. The highest BCUT2D eigenvalue weighted by Gasteiger charge is 2.36. The molecule has 2 aromatic rings. The Morgan fingerprint density at radius 2 is 1.71 bits per heavy atom. The zero-order chi connectivity index (χ0) is 22.7. The highest BCUT2D eigenvalue weighted by Crippen LogP contribution is 2.29. The van der Waals surface area contributed by atoms with Crippen LogP contribution in [0.15, 0.2) is 24.3 Å². The molecule has 1 aromatic carbocycles. The maximum absolute atomic E-state index is 13.6. The van der Waals surface area contributed by atoms with Crippen LogP contribution in [0.1, 0.15) is 81.5 Å². The van der Waals surface area contributed by atoms with Gasteiger partial charge in [-0.2, -0.15) is 0 Å². The molecule has 7 heteroatoms. The van der Waals surface area contributed by atoms with Crippen LogP contribution in [0.4, 0.5) is 0 Å². The summed E-state index contributed by atoms with van der Waals surface area (Å²) in [6.07, 6.45) is 4.95. The van der Waals surface area contributed by atoms with Gasteiger partial charge >= 0.3 is 5.97 Å². The van der Waals surface area contributed by atoms with Gasteiger partial charge in [-0.15, -0.1) is 0 Å². The van der Waals surface area contributed by atoms with Crippen LogP contribution < -0.4 is 0 Å². The van der Waals surface area contributed by atoms with E-state index in [1.54, 1.807) is 49.9 Å². The molecule has 1 saturated carbocycles. The van der Waals surface area contributed by atoms with Crippen LogP contribution in [-0.4, -0.2) is 46.7 Å². The van der Waals surface area contributed by atoms with Crippen LogP contribution in [0, 0.1) is 13.8 Å². The Bertz CT molecular complexity index is 974. The van der Waals surface area contributed by atoms with E-state index >= 15 is 0 Å². The van der Waals surface area contributed by atoms with Gasteiger partial charge in [-0.1, -0.05) is 30.9 Å². The first-order valence-corrected chi connectivity index (χ1v) is 11.0. The lowest BCUT2D eigenvalue weighted by molar-refractivity contribution is 0.0486. The predicted molar refractivity (Wildman–Crippen MR) is 120 cm³/mol. The van der Waals surface area contributed by atoms with Gasteiger partial charge in [0.15, 0.2) is 5.78 Å². The van der Waals surface area contributed by atoms with Gasteiger partial charge in [0.05, 0.1) is 13.2 Å². The van der Waals surface area contributed by atoms with Crippen molar-refractivity contribution in [3.63, 3.8) is 0 Å². The molecule has 1 aliphatic carbocycles. The number of benzene rings is 1. The van der Waals surface area contributed by atoms with Crippen molar-refractivity contribution in [2.75, 3.05) is 7.11 Å². The molecule has 0 spiro atoms. The number of aromatic amines is 1. The van der Waals surface area contributed by atoms with E-state index in [0.717, 1.165) is 32.1 Å². The number of aryl methyl sites for hydroxylation is 1. The quantitative estimate of drug-likeness (QED) is 0.495. The van der Waals surface area contributed by atoms with E-state index in [0.29, 0.717) is 27.4 Å². The number of aromatic nitrogens is 1. The van der Waals surface area contributed by atoms with Gasteiger partial charge in [0.1, 0.15) is 5.69 Å². The van der Waals surface area contributed by atoms with Crippen molar-refractivity contribution < 1.29 is 19.1 Å². The number of ether oxygens (including phenoxy) is 1. The number of halogens is 1. The van der Waals surface area contributed by atoms with E-state index in [2.05, 4.69) is 4.98 Å². The standard InChI is InChI=1S/C24H29ClN2O4/c1-14-20(15(2)26-21(14)24(30)31-4)22(28)16(3)27(19-8-6-5-7-9-19)23(29)17-10-12-18(25)13-11-17/h10-13,16,19,26H,5-9H2,1-4H3. The monoisotopic (exact) mass is 444 g/mol. The van der Waals surface area contributed by atoms with Crippen LogP contribution in [0.25, 0.3) is 0 Å². The molecule has 166 valence electrons. The second-order valence-corrected chi connectivity index (χ2v) is 8.60. The Balaban J connectivity index is 1.98. The van der Waals surface area contributed by atoms with E-state index in [-0.39, 0.29) is 23.4 Å². The minimum absolute atomic E-state index is 0.00416. The summed E-state index contributed by atoms with van der Waals surface area (Å²) in [6.45, 7) is 5.25. The van der Waals surface area contributed by atoms with E-state index in [9.17, 15) is 14.4 Å². The summed E-state index contributed by atoms with van der Waals surface area (Å²) in [5, 5.41) is 0.554. The number of Topliss-reactive ketones (excluding diaryl/α,β-unsaturated/α-hetero) is 1. The van der Waals surface area contributed by atoms with Crippen LogP contribution in [0.3, 0.4) is 0 Å². The fraction of sp³-hybridized carbons (Fsp3) is 0.458. The minimum Gasteiger partial charge on any atom is -0.464 e. The van der Waals surface area contributed by atoms with Crippen molar-refractivity contribution in [1.82, 2.24) is 9.88 Å². The fourth-order valence-electron chi connectivity index (χ4n) is 4.52. The summed E-state index contributed by atoms with van der Waals surface area (Å²) in [6, 6.07) is 6.08. The Morgan fingerprint density at radius 3 is 2.29 bits per heavy atom. The Hall–Kier alpha value is -2.60. The first-order valence-electron chi connectivity index (χ1n) is 10.7. The zero-order valence-corrected chi connectivity index (χ0v) is 19.2. The number of carbonyl (C=O) groups is 3. The number of hydrogen-bond acceptors (Lipinski definition) is 4. The van der Waals surface area contributed by atoms with Crippen molar-refractivity contribution in [1.29, 1.82) is 0 Å². The number of methoxy groups -OCH3 is 1. The highest BCUT2D eigenvalue weighted by molar-refractivity contribution is 6.30. The van der Waals surface area contributed by atoms with Crippen LogP contribution >= 0.6 is 11.6 Å². The molecule has 0 aliphatic heterocycles. The summed E-state index contributed by atoms with van der Waals surface area (Å²) < 4.78 is 4.82. The smallest absolute Gasteiger partial charge is 0.354 e. The molecule has 1 fully saturated rings. The number of carbonyl (C=O) groups excluding carboxylic acids is 3. The SMILES string of the molecule is COC(=O)c1[nH]c(C)c(C(=O)C(C)N(C(=O)c2ccc(Cl)cc2)C2CCCCC2)c1C. The molecular formula is C24H29ClN2O4. The molecule has 31 heavy (non-hydrogen) atoms. The summed E-state index contributed by atoms with van der Waals surface area (Å²) in [7, 11) is 1.30. The molecule has 1 N–H and O–H groups in total. The third-order valence-electron chi connectivity index (χ3n) is 6.16. The molecule has 6 nitrogen and oxygen atoms in total. The molecule has 0 saturated heterocycles. The molecule has 0 radical (unpaired) electrons. The number of rotatable bonds is 6. The van der Waals surface area contributed by atoms with Crippen molar-refractivity contribution >= 4 is 29.3 Å². The van der Waals surface area contributed by atoms with Crippen molar-refractivity contribution in [2.45, 2.75) is 65.0 Å². The second kappa shape index (κ2) is 9.69. The number of amides is 1. The van der Waals surface area contributed by atoms with Gasteiger partial charge in [-0.3, -0.25) is 9.59 Å². The lowest BCUT2D eigenvalue weighted by atomic mass is 9.90. The molecule has 3 rings (SSSR count). The van der Waals surface area contributed by atoms with Gasteiger partial charge in [-0.05, 0) is 63.4 Å². The topological polar surface area (TPSA) is 79.5 Å². The summed E-state index contributed by atoms with van der Waals surface area (Å²) >= 11 is 5.99. The van der Waals surface area contributed by atoms with Crippen LogP contribution in [-0.2, 0) is 4.74 Å². The Morgan fingerprint density at radius 1 is 1.10 bits per heavy atom. The summed E-state index contributed by atoms with van der Waals surface area (Å²) in [5.74, 6) is -0.883. The van der Waals surface area contributed by atoms with Gasteiger partial charge in [0, 0.05) is 27.9 Å². The van der Waals surface area contributed by atoms with E-state index in [4.69, 9.17) is 16.3 Å². The third kappa shape index (κ3) is 4.69. The first kappa shape index (κ1) is 23.1.